The van der Waals surface area contributed by atoms with E-state index >= 15 is 0 Å². The number of nitrogens with one attached hydrogen (secondary N) is 1. The highest BCUT2D eigenvalue weighted by atomic mass is 79.9. The molecule has 0 unspecified atom stereocenters. The van der Waals surface area contributed by atoms with Gasteiger partial charge in [-0.15, -0.1) is 0 Å². The summed E-state index contributed by atoms with van der Waals surface area (Å²) in [5.41, 5.74) is 5.65. The maximum Gasteiger partial charge on any atom is 0.409 e. The molecule has 4 N–H and O–H groups in total. The topological polar surface area (TPSA) is 88.2 Å². The van der Waals surface area contributed by atoms with Crippen molar-refractivity contribution in [1.29, 1.82) is 0 Å². The fourth-order valence-corrected chi connectivity index (χ4v) is 0.996. The van der Waals surface area contributed by atoms with Gasteiger partial charge < -0.3 is 10.8 Å². The monoisotopic (exact) mass is 231 g/mol. The van der Waals surface area contributed by atoms with E-state index < -0.39 is 6.09 Å². The maximum absolute atomic E-state index is 10.2. The number of rotatable bonds is 1. The van der Waals surface area contributed by atoms with E-state index in [1.807, 2.05) is 0 Å². The summed E-state index contributed by atoms with van der Waals surface area (Å²) in [6.07, 6.45) is 0.323. The van der Waals surface area contributed by atoms with Crippen molar-refractivity contribution in [2.24, 2.45) is 0 Å². The number of amides is 1. The average molecular weight is 232 g/mol. The molecule has 0 atom stereocenters. The Labute approximate surface area is 76.7 Å². The molecular weight excluding hydrogens is 226 g/mol. The molecule has 0 aliphatic carbocycles. The molecule has 12 heavy (non-hydrogen) atoms. The predicted molar refractivity (Wildman–Crippen MR) is 48.0 cm³/mol. The van der Waals surface area contributed by atoms with Crippen molar-refractivity contribution >= 4 is 33.5 Å². The molecule has 0 saturated heterocycles. The molecule has 0 radical (unpaired) electrons. The number of aromatic nitrogens is 1. The molecule has 0 aromatic carbocycles. The molecule has 0 aliphatic heterocycles. The molecule has 6 heteroatoms. The molecule has 0 saturated carbocycles. The maximum atomic E-state index is 10.2. The van der Waals surface area contributed by atoms with Crippen LogP contribution in [-0.4, -0.2) is 16.2 Å². The first-order valence-electron chi connectivity index (χ1n) is 3.00. The van der Waals surface area contributed by atoms with Crippen LogP contribution in [0.5, 0.6) is 0 Å². The second-order valence-electron chi connectivity index (χ2n) is 2.02. The molecular formula is C6H6BrN3O2. The summed E-state index contributed by atoms with van der Waals surface area (Å²) in [5.74, 6) is 0.153. The summed E-state index contributed by atoms with van der Waals surface area (Å²) in [6.45, 7) is 0. The normalized spacial score (nSPS) is 9.42. The summed E-state index contributed by atoms with van der Waals surface area (Å²) in [6, 6.07) is 1.54. The summed E-state index contributed by atoms with van der Waals surface area (Å²) in [4.78, 5) is 14.0. The third-order valence-electron chi connectivity index (χ3n) is 1.13. The number of hydrogen-bond donors (Lipinski definition) is 3. The van der Waals surface area contributed by atoms with Crippen molar-refractivity contribution in [3.8, 4) is 0 Å². The summed E-state index contributed by atoms with van der Waals surface area (Å²) in [7, 11) is 0. The van der Waals surface area contributed by atoms with E-state index in [-0.39, 0.29) is 11.5 Å². The molecule has 0 spiro atoms. The summed E-state index contributed by atoms with van der Waals surface area (Å²) in [5, 5.41) is 10.5. The Morgan fingerprint density at radius 1 is 1.75 bits per heavy atom. The van der Waals surface area contributed by atoms with Crippen LogP contribution in [0.2, 0.25) is 0 Å². The van der Waals surface area contributed by atoms with E-state index in [1.165, 1.54) is 12.3 Å². The van der Waals surface area contributed by atoms with E-state index in [4.69, 9.17) is 10.8 Å². The number of nitrogen functional groups attached to an aromatic ring is 1. The molecule has 0 fully saturated rings. The van der Waals surface area contributed by atoms with Crippen LogP contribution >= 0.6 is 15.9 Å². The standard InChI is InChI=1S/C6H6BrN3O2/c7-3-1-4(10-6(11)12)5(8)9-2-3/h1-2,10H,(H2,8,9)(H,11,12). The Balaban J connectivity index is 2.97. The van der Waals surface area contributed by atoms with Gasteiger partial charge in [-0.05, 0) is 22.0 Å². The highest BCUT2D eigenvalue weighted by Gasteiger charge is 2.03. The number of hydrogen-bond acceptors (Lipinski definition) is 3. The van der Waals surface area contributed by atoms with Gasteiger partial charge >= 0.3 is 6.09 Å². The molecule has 0 aliphatic rings. The Hall–Kier alpha value is -1.30. The van der Waals surface area contributed by atoms with Crippen LogP contribution in [0.3, 0.4) is 0 Å². The van der Waals surface area contributed by atoms with Gasteiger partial charge in [0.05, 0.1) is 5.69 Å². The predicted octanol–water partition coefficient (Wildman–Crippen LogP) is 1.52. The quantitative estimate of drug-likeness (QED) is 0.684. The smallest absolute Gasteiger partial charge is 0.409 e. The van der Waals surface area contributed by atoms with Gasteiger partial charge in [0.2, 0.25) is 0 Å². The average Bonchev–Trinajstić information content (AvgIpc) is 1.96. The van der Waals surface area contributed by atoms with Crippen LogP contribution < -0.4 is 11.1 Å². The molecule has 1 aromatic heterocycles. The second-order valence-corrected chi connectivity index (χ2v) is 2.93. The number of halogens is 1. The van der Waals surface area contributed by atoms with Crippen LogP contribution in [0.4, 0.5) is 16.3 Å². The lowest BCUT2D eigenvalue weighted by atomic mass is 10.4. The second kappa shape index (κ2) is 3.40. The van der Waals surface area contributed by atoms with Gasteiger partial charge in [-0.25, -0.2) is 9.78 Å². The van der Waals surface area contributed by atoms with Gasteiger partial charge in [0.15, 0.2) is 0 Å². The van der Waals surface area contributed by atoms with Gasteiger partial charge in [-0.1, -0.05) is 0 Å². The Kier molecular flexibility index (Phi) is 2.49. The minimum absolute atomic E-state index is 0.153. The number of nitrogens with two attached hydrogens (primary N) is 1. The van der Waals surface area contributed by atoms with Crippen molar-refractivity contribution in [2.75, 3.05) is 11.1 Å². The zero-order chi connectivity index (χ0) is 9.14. The number of carboxylic acid groups (broad SMARTS) is 1. The number of anilines is 2. The van der Waals surface area contributed by atoms with Crippen LogP contribution in [0.15, 0.2) is 16.7 Å². The van der Waals surface area contributed by atoms with Crippen molar-refractivity contribution in [3.05, 3.63) is 16.7 Å². The van der Waals surface area contributed by atoms with E-state index in [0.29, 0.717) is 4.47 Å². The van der Waals surface area contributed by atoms with Crippen molar-refractivity contribution in [1.82, 2.24) is 4.98 Å². The van der Waals surface area contributed by atoms with Gasteiger partial charge in [-0.2, -0.15) is 0 Å². The first-order chi connectivity index (χ1) is 5.59. The lowest BCUT2D eigenvalue weighted by Crippen LogP contribution is -2.09. The summed E-state index contributed by atoms with van der Waals surface area (Å²) >= 11 is 3.14. The Bertz CT molecular complexity index is 316. The minimum atomic E-state index is -1.17. The van der Waals surface area contributed by atoms with Crippen molar-refractivity contribution in [2.45, 2.75) is 0 Å². The molecule has 64 valence electrons. The van der Waals surface area contributed by atoms with Crippen LogP contribution in [-0.2, 0) is 0 Å². The van der Waals surface area contributed by atoms with Crippen LogP contribution in [0.1, 0.15) is 0 Å². The molecule has 5 nitrogen and oxygen atoms in total. The first kappa shape index (κ1) is 8.79. The highest BCUT2D eigenvalue weighted by Crippen LogP contribution is 2.19. The Morgan fingerprint density at radius 3 is 3.00 bits per heavy atom. The zero-order valence-electron chi connectivity index (χ0n) is 5.91. The Morgan fingerprint density at radius 2 is 2.42 bits per heavy atom. The third-order valence-corrected chi connectivity index (χ3v) is 1.56. The van der Waals surface area contributed by atoms with E-state index in [1.54, 1.807) is 0 Å². The number of carbonyl (C=O) groups is 1. The highest BCUT2D eigenvalue weighted by molar-refractivity contribution is 9.10. The zero-order valence-corrected chi connectivity index (χ0v) is 7.50. The molecule has 1 heterocycles. The minimum Gasteiger partial charge on any atom is -0.465 e. The van der Waals surface area contributed by atoms with Crippen LogP contribution in [0, 0.1) is 0 Å². The fraction of sp³-hybridized carbons (Fsp3) is 0. The number of nitrogens with zero attached hydrogens (tertiary/aromatic N) is 1. The molecule has 1 amide bonds. The van der Waals surface area contributed by atoms with Gasteiger partial charge in [0.1, 0.15) is 5.82 Å². The SMILES string of the molecule is Nc1ncc(Br)cc1NC(=O)O. The van der Waals surface area contributed by atoms with E-state index in [0.717, 1.165) is 0 Å². The van der Waals surface area contributed by atoms with E-state index in [9.17, 15) is 4.79 Å². The fourth-order valence-electron chi connectivity index (χ4n) is 0.665. The lowest BCUT2D eigenvalue weighted by Gasteiger charge is -2.03. The third kappa shape index (κ3) is 2.09. The first-order valence-corrected chi connectivity index (χ1v) is 3.80. The van der Waals surface area contributed by atoms with Crippen molar-refractivity contribution in [3.63, 3.8) is 0 Å². The largest absolute Gasteiger partial charge is 0.465 e. The molecule has 0 bridgehead atoms. The van der Waals surface area contributed by atoms with Gasteiger partial charge in [0, 0.05) is 10.7 Å². The van der Waals surface area contributed by atoms with Gasteiger partial charge in [0.25, 0.3) is 0 Å². The van der Waals surface area contributed by atoms with Crippen LogP contribution in [0.25, 0.3) is 0 Å². The number of pyridine rings is 1. The lowest BCUT2D eigenvalue weighted by molar-refractivity contribution is 0.210. The summed E-state index contributed by atoms with van der Waals surface area (Å²) < 4.78 is 0.667. The molecule has 1 aromatic rings. The van der Waals surface area contributed by atoms with E-state index in [2.05, 4.69) is 26.2 Å². The van der Waals surface area contributed by atoms with Crippen molar-refractivity contribution < 1.29 is 9.90 Å². The van der Waals surface area contributed by atoms with Gasteiger partial charge in [-0.3, -0.25) is 5.32 Å². The molecule has 1 rings (SSSR count).